The van der Waals surface area contributed by atoms with E-state index in [-0.39, 0.29) is 6.04 Å². The van der Waals surface area contributed by atoms with E-state index in [1.807, 2.05) is 30.5 Å². The summed E-state index contributed by atoms with van der Waals surface area (Å²) in [5.74, 6) is 2.96. The molecule has 2 aromatic carbocycles. The summed E-state index contributed by atoms with van der Waals surface area (Å²) < 4.78 is 21.5. The zero-order chi connectivity index (χ0) is 17.8. The van der Waals surface area contributed by atoms with Crippen molar-refractivity contribution in [2.45, 2.75) is 18.9 Å². The second-order valence-corrected chi connectivity index (χ2v) is 5.94. The lowest BCUT2D eigenvalue weighted by atomic mass is 9.93. The van der Waals surface area contributed by atoms with Gasteiger partial charge in [-0.05, 0) is 53.8 Å². The highest BCUT2D eigenvalue weighted by Gasteiger charge is 2.19. The van der Waals surface area contributed by atoms with Crippen LogP contribution in [0.4, 0.5) is 0 Å². The van der Waals surface area contributed by atoms with E-state index in [0.29, 0.717) is 0 Å². The molecular formula is C20H23NO4. The van der Waals surface area contributed by atoms with Crippen LogP contribution in [0.15, 0.2) is 35.3 Å². The van der Waals surface area contributed by atoms with Gasteiger partial charge in [0.25, 0.3) is 0 Å². The van der Waals surface area contributed by atoms with E-state index < -0.39 is 0 Å². The highest BCUT2D eigenvalue weighted by molar-refractivity contribution is 5.84. The molecule has 25 heavy (non-hydrogen) atoms. The molecule has 0 unspecified atom stereocenters. The zero-order valence-electron chi connectivity index (χ0n) is 15.0. The molecule has 0 amide bonds. The summed E-state index contributed by atoms with van der Waals surface area (Å²) in [7, 11) is 6.59. The van der Waals surface area contributed by atoms with Crippen LogP contribution in [0.1, 0.15) is 16.7 Å². The topological polar surface area (TPSA) is 49.3 Å². The van der Waals surface area contributed by atoms with E-state index in [4.69, 9.17) is 23.9 Å². The number of nitrogens with zero attached hydrogens (tertiary/aromatic N) is 1. The van der Waals surface area contributed by atoms with E-state index in [0.717, 1.165) is 41.4 Å². The third kappa shape index (κ3) is 3.55. The van der Waals surface area contributed by atoms with Gasteiger partial charge >= 0.3 is 0 Å². The molecule has 5 heteroatoms. The van der Waals surface area contributed by atoms with E-state index in [2.05, 4.69) is 6.07 Å². The molecular weight excluding hydrogens is 318 g/mol. The Kier molecular flexibility index (Phi) is 5.12. The maximum Gasteiger partial charge on any atom is 0.161 e. The van der Waals surface area contributed by atoms with Crippen LogP contribution in [0.25, 0.3) is 0 Å². The SMILES string of the molecule is COc1ccc(C[C@@H]2Cc3cc(OC)c(OC)cc3C=N2)cc1OC. The molecule has 132 valence electrons. The molecule has 0 saturated carbocycles. The third-order valence-electron chi connectivity index (χ3n) is 4.44. The van der Waals surface area contributed by atoms with Crippen molar-refractivity contribution in [3.05, 3.63) is 47.0 Å². The number of fused-ring (bicyclic) bond motifs is 1. The molecule has 1 atom stereocenters. The number of rotatable bonds is 6. The van der Waals surface area contributed by atoms with Crippen molar-refractivity contribution in [3.8, 4) is 23.0 Å². The van der Waals surface area contributed by atoms with Gasteiger partial charge in [0, 0.05) is 6.21 Å². The molecule has 0 saturated heterocycles. The first-order chi connectivity index (χ1) is 12.2. The van der Waals surface area contributed by atoms with Crippen molar-refractivity contribution in [1.82, 2.24) is 0 Å². The fourth-order valence-electron chi connectivity index (χ4n) is 3.13. The normalized spacial score (nSPS) is 15.4. The first kappa shape index (κ1) is 17.1. The summed E-state index contributed by atoms with van der Waals surface area (Å²) >= 11 is 0. The minimum atomic E-state index is 0.184. The van der Waals surface area contributed by atoms with Gasteiger partial charge in [-0.25, -0.2) is 0 Å². The highest BCUT2D eigenvalue weighted by atomic mass is 16.5. The molecule has 1 heterocycles. The molecule has 5 nitrogen and oxygen atoms in total. The Morgan fingerprint density at radius 1 is 0.840 bits per heavy atom. The summed E-state index contributed by atoms with van der Waals surface area (Å²) in [6.45, 7) is 0. The summed E-state index contributed by atoms with van der Waals surface area (Å²) in [6.07, 6.45) is 3.62. The second kappa shape index (κ2) is 7.47. The minimum absolute atomic E-state index is 0.184. The molecule has 1 aliphatic rings. The minimum Gasteiger partial charge on any atom is -0.493 e. The van der Waals surface area contributed by atoms with Crippen molar-refractivity contribution >= 4 is 6.21 Å². The van der Waals surface area contributed by atoms with Crippen LogP contribution in [-0.2, 0) is 12.8 Å². The van der Waals surface area contributed by atoms with E-state index >= 15 is 0 Å². The van der Waals surface area contributed by atoms with E-state index in [9.17, 15) is 0 Å². The first-order valence-electron chi connectivity index (χ1n) is 8.17. The van der Waals surface area contributed by atoms with Crippen LogP contribution in [-0.4, -0.2) is 40.7 Å². The second-order valence-electron chi connectivity index (χ2n) is 5.94. The maximum atomic E-state index is 5.41. The van der Waals surface area contributed by atoms with Crippen LogP contribution in [0.2, 0.25) is 0 Å². The quantitative estimate of drug-likeness (QED) is 0.809. The zero-order valence-corrected chi connectivity index (χ0v) is 15.0. The van der Waals surface area contributed by atoms with Gasteiger partial charge in [0.05, 0.1) is 34.5 Å². The number of hydrogen-bond acceptors (Lipinski definition) is 5. The third-order valence-corrected chi connectivity index (χ3v) is 4.44. The van der Waals surface area contributed by atoms with Crippen LogP contribution in [0.5, 0.6) is 23.0 Å². The average Bonchev–Trinajstić information content (AvgIpc) is 2.66. The van der Waals surface area contributed by atoms with Crippen LogP contribution >= 0.6 is 0 Å². The predicted octanol–water partition coefficient (Wildman–Crippen LogP) is 3.31. The molecule has 0 radical (unpaired) electrons. The van der Waals surface area contributed by atoms with E-state index in [1.54, 1.807) is 28.4 Å². The Morgan fingerprint density at radius 3 is 2.16 bits per heavy atom. The fourth-order valence-corrected chi connectivity index (χ4v) is 3.13. The number of ether oxygens (including phenoxy) is 4. The Balaban J connectivity index is 1.80. The van der Waals surface area contributed by atoms with Crippen LogP contribution in [0, 0.1) is 0 Å². The van der Waals surface area contributed by atoms with Crippen molar-refractivity contribution in [3.63, 3.8) is 0 Å². The van der Waals surface area contributed by atoms with Crippen LogP contribution in [0.3, 0.4) is 0 Å². The number of benzene rings is 2. The van der Waals surface area contributed by atoms with Gasteiger partial charge in [0.2, 0.25) is 0 Å². The summed E-state index contributed by atoms with van der Waals surface area (Å²) in [4.78, 5) is 4.70. The largest absolute Gasteiger partial charge is 0.493 e. The van der Waals surface area contributed by atoms with E-state index in [1.165, 1.54) is 11.1 Å². The lowest BCUT2D eigenvalue weighted by Gasteiger charge is -2.21. The Morgan fingerprint density at radius 2 is 1.48 bits per heavy atom. The molecule has 0 aromatic heterocycles. The standard InChI is InChI=1S/C20H23NO4/c1-22-17-6-5-13(8-18(17)23-2)7-16-9-14-10-19(24-3)20(25-4)11-15(14)12-21-16/h5-6,8,10-12,16H,7,9H2,1-4H3/t16-/m1/s1. The van der Waals surface area contributed by atoms with Crippen molar-refractivity contribution < 1.29 is 18.9 Å². The van der Waals surface area contributed by atoms with Gasteiger partial charge in [0.1, 0.15) is 0 Å². The van der Waals surface area contributed by atoms with Gasteiger partial charge in [0.15, 0.2) is 23.0 Å². The van der Waals surface area contributed by atoms with Crippen molar-refractivity contribution in [2.75, 3.05) is 28.4 Å². The molecule has 2 aromatic rings. The lowest BCUT2D eigenvalue weighted by molar-refractivity contribution is 0.354. The Labute approximate surface area is 148 Å². The molecule has 0 N–H and O–H groups in total. The van der Waals surface area contributed by atoms with Gasteiger partial charge in [-0.3, -0.25) is 4.99 Å². The number of hydrogen-bond donors (Lipinski definition) is 0. The Bertz CT molecular complexity index is 786. The molecule has 3 rings (SSSR count). The summed E-state index contributed by atoms with van der Waals surface area (Å²) in [5.41, 5.74) is 3.48. The average molecular weight is 341 g/mol. The summed E-state index contributed by atoms with van der Waals surface area (Å²) in [5, 5.41) is 0. The predicted molar refractivity (Wildman–Crippen MR) is 97.9 cm³/mol. The first-order valence-corrected chi connectivity index (χ1v) is 8.17. The number of aliphatic imine (C=N–C) groups is 1. The molecule has 0 bridgehead atoms. The van der Waals surface area contributed by atoms with Gasteiger partial charge < -0.3 is 18.9 Å². The molecule has 1 aliphatic heterocycles. The number of methoxy groups -OCH3 is 4. The summed E-state index contributed by atoms with van der Waals surface area (Å²) in [6, 6.07) is 10.2. The van der Waals surface area contributed by atoms with Gasteiger partial charge in [-0.1, -0.05) is 6.07 Å². The maximum absolute atomic E-state index is 5.41. The van der Waals surface area contributed by atoms with Gasteiger partial charge in [-0.15, -0.1) is 0 Å². The fraction of sp³-hybridized carbons (Fsp3) is 0.350. The van der Waals surface area contributed by atoms with Crippen molar-refractivity contribution in [2.24, 2.45) is 4.99 Å². The molecule has 0 fully saturated rings. The van der Waals surface area contributed by atoms with Gasteiger partial charge in [-0.2, -0.15) is 0 Å². The monoisotopic (exact) mass is 341 g/mol. The smallest absolute Gasteiger partial charge is 0.161 e. The van der Waals surface area contributed by atoms with Crippen LogP contribution < -0.4 is 18.9 Å². The lowest BCUT2D eigenvalue weighted by Crippen LogP contribution is -2.18. The Hall–Kier alpha value is -2.69. The molecule has 0 spiro atoms. The molecule has 0 aliphatic carbocycles. The highest BCUT2D eigenvalue weighted by Crippen LogP contribution is 2.33. The van der Waals surface area contributed by atoms with Crippen molar-refractivity contribution in [1.29, 1.82) is 0 Å².